The summed E-state index contributed by atoms with van der Waals surface area (Å²) in [4.78, 5) is 17.3. The van der Waals surface area contributed by atoms with Gasteiger partial charge in [0.15, 0.2) is 0 Å². The second kappa shape index (κ2) is 7.14. The summed E-state index contributed by atoms with van der Waals surface area (Å²) in [5.74, 6) is 0. The fourth-order valence-electron chi connectivity index (χ4n) is 3.47. The first-order chi connectivity index (χ1) is 13.4. The molecule has 4 nitrogen and oxygen atoms in total. The lowest BCUT2D eigenvalue weighted by atomic mass is 10.0. The molecule has 1 fully saturated rings. The fraction of sp³-hybridized carbons (Fsp3) is 0.250. The molecule has 1 aliphatic rings. The number of nitrogens with one attached hydrogen (secondary N) is 1. The number of H-pyrrole nitrogens is 1. The average molecular weight is 409 g/mol. The van der Waals surface area contributed by atoms with Gasteiger partial charge in [0.05, 0.1) is 34.9 Å². The molecule has 1 aliphatic heterocycles. The molecule has 0 amide bonds. The van der Waals surface area contributed by atoms with E-state index in [1.54, 1.807) is 12.1 Å². The van der Waals surface area contributed by atoms with Gasteiger partial charge in [-0.25, -0.2) is 0 Å². The van der Waals surface area contributed by atoms with E-state index in [1.807, 2.05) is 4.90 Å². The van der Waals surface area contributed by atoms with Crippen molar-refractivity contribution < 1.29 is 17.9 Å². The van der Waals surface area contributed by atoms with Gasteiger partial charge >= 0.3 is 6.18 Å². The molecule has 0 spiro atoms. The Labute approximate surface area is 163 Å². The van der Waals surface area contributed by atoms with Gasteiger partial charge in [-0.15, -0.1) is 0 Å². The normalized spacial score (nSPS) is 15.2. The van der Waals surface area contributed by atoms with Crippen molar-refractivity contribution in [1.29, 1.82) is 0 Å². The van der Waals surface area contributed by atoms with Crippen molar-refractivity contribution in [2.45, 2.75) is 6.18 Å². The Hall–Kier alpha value is -2.51. The minimum atomic E-state index is -4.53. The summed E-state index contributed by atoms with van der Waals surface area (Å²) in [5.41, 5.74) is -0.597. The van der Waals surface area contributed by atoms with Gasteiger partial charge in [-0.3, -0.25) is 4.79 Å². The highest BCUT2D eigenvalue weighted by atomic mass is 35.5. The number of halogens is 4. The van der Waals surface area contributed by atoms with Crippen LogP contribution >= 0.6 is 11.6 Å². The van der Waals surface area contributed by atoms with Gasteiger partial charge < -0.3 is 14.6 Å². The Morgan fingerprint density at radius 3 is 2.50 bits per heavy atom. The molecule has 0 saturated carbocycles. The van der Waals surface area contributed by atoms with E-state index < -0.39 is 17.3 Å². The van der Waals surface area contributed by atoms with Crippen molar-refractivity contribution >= 4 is 28.1 Å². The lowest BCUT2D eigenvalue weighted by Crippen LogP contribution is -2.36. The Kier molecular flexibility index (Phi) is 4.81. The standard InChI is InChI=1S/C20H16ClF3N2O2/c21-18-16(26-7-9-28-10-8-26)6-5-12-11-15(25-19(27)17(12)18)13-3-1-2-4-14(13)20(22,23)24/h1-6,11H,7-10H2,(H,25,27). The van der Waals surface area contributed by atoms with Gasteiger partial charge in [0.2, 0.25) is 0 Å². The molecule has 1 N–H and O–H groups in total. The van der Waals surface area contributed by atoms with E-state index in [-0.39, 0.29) is 21.7 Å². The number of fused-ring (bicyclic) bond motifs is 1. The quantitative estimate of drug-likeness (QED) is 0.668. The molecular weight excluding hydrogens is 393 g/mol. The molecule has 2 aromatic carbocycles. The summed E-state index contributed by atoms with van der Waals surface area (Å²) in [6.07, 6.45) is -4.53. The number of aromatic nitrogens is 1. The first kappa shape index (κ1) is 18.8. The van der Waals surface area contributed by atoms with Crippen LogP contribution < -0.4 is 10.5 Å². The molecule has 28 heavy (non-hydrogen) atoms. The third-order valence-corrected chi connectivity index (χ3v) is 5.19. The first-order valence-corrected chi connectivity index (χ1v) is 9.09. The van der Waals surface area contributed by atoms with E-state index >= 15 is 0 Å². The summed E-state index contributed by atoms with van der Waals surface area (Å²) in [5, 5.41) is 1.04. The number of benzene rings is 2. The van der Waals surface area contributed by atoms with Gasteiger partial charge in [-0.2, -0.15) is 13.2 Å². The van der Waals surface area contributed by atoms with Crippen LogP contribution in [-0.4, -0.2) is 31.3 Å². The Bertz CT molecular complexity index is 1090. The van der Waals surface area contributed by atoms with E-state index in [4.69, 9.17) is 16.3 Å². The number of morpholine rings is 1. The topological polar surface area (TPSA) is 45.3 Å². The molecule has 1 saturated heterocycles. The number of hydrogen-bond acceptors (Lipinski definition) is 3. The number of pyridine rings is 1. The van der Waals surface area contributed by atoms with Crippen LogP contribution in [0.3, 0.4) is 0 Å². The van der Waals surface area contributed by atoms with E-state index in [9.17, 15) is 18.0 Å². The van der Waals surface area contributed by atoms with Crippen molar-refractivity contribution in [3.8, 4) is 11.3 Å². The molecule has 2 heterocycles. The Balaban J connectivity index is 1.86. The zero-order valence-electron chi connectivity index (χ0n) is 14.6. The van der Waals surface area contributed by atoms with Gasteiger partial charge in [-0.1, -0.05) is 35.9 Å². The van der Waals surface area contributed by atoms with E-state index in [2.05, 4.69) is 4.98 Å². The number of aromatic amines is 1. The van der Waals surface area contributed by atoms with Crippen LogP contribution in [0.25, 0.3) is 22.0 Å². The van der Waals surface area contributed by atoms with Crippen LogP contribution in [-0.2, 0) is 10.9 Å². The van der Waals surface area contributed by atoms with Crippen LogP contribution in [0.1, 0.15) is 5.56 Å². The third kappa shape index (κ3) is 3.36. The first-order valence-electron chi connectivity index (χ1n) is 8.71. The highest BCUT2D eigenvalue weighted by Crippen LogP contribution is 2.38. The molecule has 0 unspecified atom stereocenters. The zero-order chi connectivity index (χ0) is 19.9. The number of hydrogen-bond donors (Lipinski definition) is 1. The molecule has 8 heteroatoms. The SMILES string of the molecule is O=c1[nH]c(-c2ccccc2C(F)(F)F)cc2ccc(N3CCOCC3)c(Cl)c12. The number of rotatable bonds is 2. The Morgan fingerprint density at radius 2 is 1.79 bits per heavy atom. The molecule has 1 aromatic heterocycles. The molecule has 0 aliphatic carbocycles. The lowest BCUT2D eigenvalue weighted by molar-refractivity contribution is -0.137. The van der Waals surface area contributed by atoms with E-state index in [0.717, 1.165) is 6.07 Å². The van der Waals surface area contributed by atoms with E-state index in [0.29, 0.717) is 37.4 Å². The number of anilines is 1. The second-order valence-electron chi connectivity index (χ2n) is 6.52. The monoisotopic (exact) mass is 408 g/mol. The molecule has 4 rings (SSSR count). The maximum atomic E-state index is 13.3. The van der Waals surface area contributed by atoms with Gasteiger partial charge in [-0.05, 0) is 23.6 Å². The fourth-order valence-corrected chi connectivity index (χ4v) is 3.84. The van der Waals surface area contributed by atoms with Crippen LogP contribution in [0.4, 0.5) is 18.9 Å². The summed E-state index contributed by atoms with van der Waals surface area (Å²) in [6, 6.07) is 10.2. The van der Waals surface area contributed by atoms with Crippen molar-refractivity contribution in [1.82, 2.24) is 4.98 Å². The van der Waals surface area contributed by atoms with Crippen molar-refractivity contribution in [3.05, 3.63) is 63.4 Å². The molecule has 0 atom stereocenters. The number of alkyl halides is 3. The van der Waals surface area contributed by atoms with Crippen LogP contribution in [0.5, 0.6) is 0 Å². The van der Waals surface area contributed by atoms with E-state index in [1.165, 1.54) is 24.3 Å². The molecule has 146 valence electrons. The molecule has 0 radical (unpaired) electrons. The largest absolute Gasteiger partial charge is 0.417 e. The minimum absolute atomic E-state index is 0.0811. The maximum Gasteiger partial charge on any atom is 0.417 e. The number of nitrogens with zero attached hydrogens (tertiary/aromatic N) is 1. The van der Waals surface area contributed by atoms with Crippen molar-refractivity contribution in [2.75, 3.05) is 31.2 Å². The van der Waals surface area contributed by atoms with Crippen molar-refractivity contribution in [3.63, 3.8) is 0 Å². The third-order valence-electron chi connectivity index (χ3n) is 4.80. The molecule has 0 bridgehead atoms. The molecule has 3 aromatic rings. The van der Waals surface area contributed by atoms with Gasteiger partial charge in [0, 0.05) is 24.3 Å². The number of ether oxygens (including phenoxy) is 1. The molecular formula is C20H16ClF3N2O2. The van der Waals surface area contributed by atoms with Gasteiger partial charge in [0.1, 0.15) is 0 Å². The predicted octanol–water partition coefficient (Wildman–Crippen LogP) is 4.70. The smallest absolute Gasteiger partial charge is 0.378 e. The zero-order valence-corrected chi connectivity index (χ0v) is 15.4. The minimum Gasteiger partial charge on any atom is -0.378 e. The van der Waals surface area contributed by atoms with Crippen LogP contribution in [0, 0.1) is 0 Å². The summed E-state index contributed by atoms with van der Waals surface area (Å²) in [6.45, 7) is 2.44. The lowest BCUT2D eigenvalue weighted by Gasteiger charge is -2.29. The summed E-state index contributed by atoms with van der Waals surface area (Å²) in [7, 11) is 0. The second-order valence-corrected chi connectivity index (χ2v) is 6.90. The summed E-state index contributed by atoms with van der Waals surface area (Å²) >= 11 is 6.50. The highest BCUT2D eigenvalue weighted by Gasteiger charge is 2.33. The van der Waals surface area contributed by atoms with Crippen LogP contribution in [0.15, 0.2) is 47.3 Å². The summed E-state index contributed by atoms with van der Waals surface area (Å²) < 4.78 is 45.4. The Morgan fingerprint density at radius 1 is 1.07 bits per heavy atom. The van der Waals surface area contributed by atoms with Crippen molar-refractivity contribution in [2.24, 2.45) is 0 Å². The van der Waals surface area contributed by atoms with Crippen LogP contribution in [0.2, 0.25) is 5.02 Å². The van der Waals surface area contributed by atoms with Gasteiger partial charge in [0.25, 0.3) is 5.56 Å². The average Bonchev–Trinajstić information content (AvgIpc) is 2.68. The highest BCUT2D eigenvalue weighted by molar-refractivity contribution is 6.38. The predicted molar refractivity (Wildman–Crippen MR) is 103 cm³/mol. The maximum absolute atomic E-state index is 13.3.